The van der Waals surface area contributed by atoms with E-state index in [0.29, 0.717) is 6.10 Å². The molecule has 3 heteroatoms. The smallest absolute Gasteiger partial charge is 0.146 e. The highest BCUT2D eigenvalue weighted by Crippen LogP contribution is 2.13. The number of hydrogen-bond donors (Lipinski definition) is 0. The van der Waals surface area contributed by atoms with E-state index < -0.39 is 0 Å². The minimum absolute atomic E-state index is 0.356. The predicted octanol–water partition coefficient (Wildman–Crippen LogP) is 4.39. The van der Waals surface area contributed by atoms with Gasteiger partial charge in [-0.3, -0.25) is 0 Å². The van der Waals surface area contributed by atoms with Gasteiger partial charge in [0.25, 0.3) is 0 Å². The monoisotopic (exact) mass is 302 g/mol. The van der Waals surface area contributed by atoms with Crippen LogP contribution in [0.15, 0.2) is 0 Å². The van der Waals surface area contributed by atoms with Crippen LogP contribution in [0.2, 0.25) is 0 Å². The minimum Gasteiger partial charge on any atom is -0.423 e. The Hall–Kier alpha value is 0.137. The largest absolute Gasteiger partial charge is 0.423 e. The van der Waals surface area contributed by atoms with E-state index in [4.69, 9.17) is 9.16 Å². The van der Waals surface area contributed by atoms with Gasteiger partial charge in [-0.1, -0.05) is 84.0 Å². The van der Waals surface area contributed by atoms with E-state index in [9.17, 15) is 0 Å². The molecule has 0 aliphatic heterocycles. The second-order valence-corrected chi connectivity index (χ2v) is 6.46. The highest BCUT2D eigenvalue weighted by molar-refractivity contribution is 5.98. The summed E-state index contributed by atoms with van der Waals surface area (Å²) < 4.78 is 10.7. The first-order valence-corrected chi connectivity index (χ1v) is 9.68. The molecule has 0 aromatic rings. The zero-order valence-electron chi connectivity index (χ0n) is 14.3. The molecule has 0 aliphatic rings. The lowest BCUT2D eigenvalue weighted by atomic mass is 10.0. The van der Waals surface area contributed by atoms with E-state index in [1.807, 2.05) is 0 Å². The zero-order valence-corrected chi connectivity index (χ0v) is 16.3. The van der Waals surface area contributed by atoms with Gasteiger partial charge in [-0.2, -0.15) is 0 Å². The SMILES string of the molecule is CCCCCCCCCCCCCCC(COC)O[SiH3]. The molecule has 0 saturated heterocycles. The van der Waals surface area contributed by atoms with Gasteiger partial charge in [0, 0.05) is 7.11 Å². The fourth-order valence-corrected chi connectivity index (χ4v) is 3.04. The summed E-state index contributed by atoms with van der Waals surface area (Å²) in [6, 6.07) is 0. The maximum Gasteiger partial charge on any atom is 0.146 e. The zero-order chi connectivity index (χ0) is 14.9. The van der Waals surface area contributed by atoms with Crippen molar-refractivity contribution in [3.05, 3.63) is 0 Å². The number of hydrogen-bond acceptors (Lipinski definition) is 2. The number of ether oxygens (including phenoxy) is 1. The third-order valence-electron chi connectivity index (χ3n) is 4.07. The van der Waals surface area contributed by atoms with Crippen LogP contribution in [-0.2, 0) is 9.16 Å². The van der Waals surface area contributed by atoms with Crippen molar-refractivity contribution < 1.29 is 9.16 Å². The minimum atomic E-state index is 0.356. The van der Waals surface area contributed by atoms with Crippen LogP contribution in [0.3, 0.4) is 0 Å². The van der Waals surface area contributed by atoms with Gasteiger partial charge >= 0.3 is 0 Å². The molecule has 122 valence electrons. The summed E-state index contributed by atoms with van der Waals surface area (Å²) >= 11 is 0. The summed E-state index contributed by atoms with van der Waals surface area (Å²) in [5.41, 5.74) is 0. The standard InChI is InChI=1S/C17H38O2Si/c1-3-4-5-6-7-8-9-10-11-12-13-14-15-17(19-20)16-18-2/h17H,3-16H2,1-2,20H3. The topological polar surface area (TPSA) is 18.5 Å². The fourth-order valence-electron chi connectivity index (χ4n) is 2.67. The van der Waals surface area contributed by atoms with Crippen molar-refractivity contribution in [1.82, 2.24) is 0 Å². The van der Waals surface area contributed by atoms with Crippen molar-refractivity contribution in [3.63, 3.8) is 0 Å². The molecule has 0 aromatic heterocycles. The van der Waals surface area contributed by atoms with E-state index in [1.54, 1.807) is 7.11 Å². The predicted molar refractivity (Wildman–Crippen MR) is 92.4 cm³/mol. The van der Waals surface area contributed by atoms with Crippen molar-refractivity contribution in [2.24, 2.45) is 0 Å². The van der Waals surface area contributed by atoms with E-state index >= 15 is 0 Å². The Labute approximate surface area is 130 Å². The van der Waals surface area contributed by atoms with Crippen molar-refractivity contribution >= 4 is 10.5 Å². The van der Waals surface area contributed by atoms with E-state index in [0.717, 1.165) is 17.1 Å². The average molecular weight is 303 g/mol. The Morgan fingerprint density at radius 3 is 1.60 bits per heavy atom. The molecule has 0 aromatic carbocycles. The Kier molecular flexibility index (Phi) is 17.3. The van der Waals surface area contributed by atoms with Crippen LogP contribution < -0.4 is 0 Å². The molecule has 0 saturated carbocycles. The number of rotatable bonds is 16. The third-order valence-corrected chi connectivity index (χ3v) is 4.73. The van der Waals surface area contributed by atoms with Gasteiger partial charge in [-0.05, 0) is 6.42 Å². The molecular formula is C17H38O2Si. The van der Waals surface area contributed by atoms with Crippen LogP contribution in [0, 0.1) is 0 Å². The number of methoxy groups -OCH3 is 1. The van der Waals surface area contributed by atoms with Crippen molar-refractivity contribution in [1.29, 1.82) is 0 Å². The van der Waals surface area contributed by atoms with E-state index in [2.05, 4.69) is 6.92 Å². The van der Waals surface area contributed by atoms with Crippen LogP contribution in [0.25, 0.3) is 0 Å². The first-order chi connectivity index (χ1) is 9.85. The Balaban J connectivity index is 3.09. The van der Waals surface area contributed by atoms with Crippen molar-refractivity contribution in [3.8, 4) is 0 Å². The summed E-state index contributed by atoms with van der Waals surface area (Å²) in [6.07, 6.45) is 18.5. The van der Waals surface area contributed by atoms with Gasteiger partial charge in [0.15, 0.2) is 0 Å². The fraction of sp³-hybridized carbons (Fsp3) is 1.00. The molecule has 0 aliphatic carbocycles. The van der Waals surface area contributed by atoms with Gasteiger partial charge in [0.2, 0.25) is 0 Å². The third kappa shape index (κ3) is 14.5. The summed E-state index contributed by atoms with van der Waals surface area (Å²) in [5, 5.41) is 0. The molecule has 20 heavy (non-hydrogen) atoms. The molecule has 0 rings (SSSR count). The van der Waals surface area contributed by atoms with E-state index in [1.165, 1.54) is 83.5 Å². The van der Waals surface area contributed by atoms with Crippen LogP contribution in [0.5, 0.6) is 0 Å². The molecule has 0 amide bonds. The molecule has 1 unspecified atom stereocenters. The molecule has 0 radical (unpaired) electrons. The van der Waals surface area contributed by atoms with Crippen LogP contribution in [0.1, 0.15) is 90.4 Å². The van der Waals surface area contributed by atoms with Crippen LogP contribution in [0.4, 0.5) is 0 Å². The maximum atomic E-state index is 5.50. The summed E-state index contributed by atoms with van der Waals surface area (Å²) in [4.78, 5) is 0. The summed E-state index contributed by atoms with van der Waals surface area (Å²) in [6.45, 7) is 3.05. The number of unbranched alkanes of at least 4 members (excludes halogenated alkanes) is 11. The van der Waals surface area contributed by atoms with Gasteiger partial charge < -0.3 is 9.16 Å². The molecule has 0 N–H and O–H groups in total. The van der Waals surface area contributed by atoms with Gasteiger partial charge in [0.1, 0.15) is 10.5 Å². The average Bonchev–Trinajstić information content (AvgIpc) is 2.47. The van der Waals surface area contributed by atoms with E-state index in [-0.39, 0.29) is 0 Å². The summed E-state index contributed by atoms with van der Waals surface area (Å²) in [7, 11) is 2.59. The molecule has 0 spiro atoms. The first-order valence-electron chi connectivity index (χ1n) is 8.86. The van der Waals surface area contributed by atoms with Gasteiger partial charge in [0.05, 0.1) is 12.7 Å². The second-order valence-electron chi connectivity index (χ2n) is 5.99. The molecular weight excluding hydrogens is 264 g/mol. The quantitative estimate of drug-likeness (QED) is 0.311. The lowest BCUT2D eigenvalue weighted by Gasteiger charge is -2.14. The normalized spacial score (nSPS) is 12.9. The van der Waals surface area contributed by atoms with Gasteiger partial charge in [-0.25, -0.2) is 0 Å². The first kappa shape index (κ1) is 20.1. The molecule has 0 heterocycles. The van der Waals surface area contributed by atoms with Crippen molar-refractivity contribution in [2.45, 2.75) is 96.5 Å². The lowest BCUT2D eigenvalue weighted by Crippen LogP contribution is -2.17. The van der Waals surface area contributed by atoms with Crippen LogP contribution >= 0.6 is 0 Å². The molecule has 0 bridgehead atoms. The molecule has 0 fully saturated rings. The Morgan fingerprint density at radius 2 is 1.20 bits per heavy atom. The van der Waals surface area contributed by atoms with Crippen molar-refractivity contribution in [2.75, 3.05) is 13.7 Å². The van der Waals surface area contributed by atoms with Gasteiger partial charge in [-0.15, -0.1) is 0 Å². The van der Waals surface area contributed by atoms with Crippen LogP contribution in [-0.4, -0.2) is 30.3 Å². The Morgan fingerprint density at radius 1 is 0.750 bits per heavy atom. The lowest BCUT2D eigenvalue weighted by molar-refractivity contribution is 0.0803. The highest BCUT2D eigenvalue weighted by Gasteiger charge is 2.04. The molecule has 2 nitrogen and oxygen atoms in total. The highest BCUT2D eigenvalue weighted by atomic mass is 28.2. The maximum absolute atomic E-state index is 5.50. The Bertz CT molecular complexity index is 176. The second kappa shape index (κ2) is 17.2. The summed E-state index contributed by atoms with van der Waals surface area (Å²) in [5.74, 6) is 0. The molecule has 1 atom stereocenters.